The highest BCUT2D eigenvalue weighted by Gasteiger charge is 2.51. The van der Waals surface area contributed by atoms with Gasteiger partial charge >= 0.3 is 5.97 Å². The van der Waals surface area contributed by atoms with Gasteiger partial charge in [-0.05, 0) is 12.5 Å². The van der Waals surface area contributed by atoms with Crippen molar-refractivity contribution in [1.29, 1.82) is 0 Å². The van der Waals surface area contributed by atoms with Gasteiger partial charge in [0.25, 0.3) is 0 Å². The van der Waals surface area contributed by atoms with E-state index in [4.69, 9.17) is 14.2 Å². The highest BCUT2D eigenvalue weighted by molar-refractivity contribution is 5.49. The zero-order valence-electron chi connectivity index (χ0n) is 9.89. The lowest BCUT2D eigenvalue weighted by Crippen LogP contribution is -2.42. The van der Waals surface area contributed by atoms with Crippen LogP contribution in [0.5, 0.6) is 0 Å². The van der Waals surface area contributed by atoms with Gasteiger partial charge in [0.1, 0.15) is 0 Å². The standard InChI is InChI=1S/C14H16O3/c1-13-9-10-15-14(17-13,16-11-13)8-7-12-5-3-2-4-6-12/h2-8H,9-11H2,1H3/b8-7+. The van der Waals surface area contributed by atoms with Gasteiger partial charge in [-0.3, -0.25) is 0 Å². The van der Waals surface area contributed by atoms with Crippen LogP contribution in [-0.4, -0.2) is 24.8 Å². The van der Waals surface area contributed by atoms with Crippen LogP contribution < -0.4 is 0 Å². The normalized spacial score (nSPS) is 36.5. The average molecular weight is 232 g/mol. The van der Waals surface area contributed by atoms with Crippen molar-refractivity contribution in [2.75, 3.05) is 13.2 Å². The highest BCUT2D eigenvalue weighted by Crippen LogP contribution is 2.40. The summed E-state index contributed by atoms with van der Waals surface area (Å²) in [5.41, 5.74) is 0.913. The van der Waals surface area contributed by atoms with Gasteiger partial charge in [0, 0.05) is 12.5 Å². The van der Waals surface area contributed by atoms with Crippen molar-refractivity contribution in [2.24, 2.45) is 0 Å². The summed E-state index contributed by atoms with van der Waals surface area (Å²) in [4.78, 5) is 0. The molecular weight excluding hydrogens is 216 g/mol. The SMILES string of the molecule is CC12CCOC(/C=C/c3ccccc3)(OC1)O2. The van der Waals surface area contributed by atoms with Crippen molar-refractivity contribution >= 4 is 6.08 Å². The van der Waals surface area contributed by atoms with Gasteiger partial charge in [0.2, 0.25) is 0 Å². The van der Waals surface area contributed by atoms with Gasteiger partial charge in [-0.2, -0.15) is 0 Å². The molecule has 0 radical (unpaired) electrons. The van der Waals surface area contributed by atoms with E-state index >= 15 is 0 Å². The Bertz CT molecular complexity index is 428. The van der Waals surface area contributed by atoms with Crippen LogP contribution in [0.25, 0.3) is 6.08 Å². The summed E-state index contributed by atoms with van der Waals surface area (Å²) in [6, 6.07) is 10.1. The number of fused-ring (bicyclic) bond motifs is 2. The molecule has 3 heteroatoms. The summed E-state index contributed by atoms with van der Waals surface area (Å²) >= 11 is 0. The fourth-order valence-electron chi connectivity index (χ4n) is 2.15. The smallest absolute Gasteiger partial charge is 0.305 e. The average Bonchev–Trinajstić information content (AvgIpc) is 2.59. The Balaban J connectivity index is 1.79. The second-order valence-corrected chi connectivity index (χ2v) is 4.79. The molecule has 2 aliphatic heterocycles. The van der Waals surface area contributed by atoms with Gasteiger partial charge in [-0.15, -0.1) is 0 Å². The van der Waals surface area contributed by atoms with Crippen molar-refractivity contribution in [3.8, 4) is 0 Å². The molecule has 1 aromatic rings. The maximum atomic E-state index is 5.86. The molecule has 0 spiro atoms. The van der Waals surface area contributed by atoms with E-state index in [-0.39, 0.29) is 5.60 Å². The summed E-state index contributed by atoms with van der Waals surface area (Å²) in [6.45, 7) is 3.33. The minimum Gasteiger partial charge on any atom is -0.324 e. The molecule has 2 fully saturated rings. The minimum absolute atomic E-state index is 0.195. The van der Waals surface area contributed by atoms with Crippen molar-refractivity contribution in [3.63, 3.8) is 0 Å². The van der Waals surface area contributed by atoms with Crippen LogP contribution in [0.15, 0.2) is 36.4 Å². The zero-order chi connectivity index (χ0) is 11.8. The third kappa shape index (κ3) is 2.14. The molecule has 2 aliphatic rings. The first kappa shape index (κ1) is 11.0. The highest BCUT2D eigenvalue weighted by atomic mass is 16.9. The summed E-state index contributed by atoms with van der Waals surface area (Å²) in [5.74, 6) is -0.969. The van der Waals surface area contributed by atoms with Gasteiger partial charge in [0.15, 0.2) is 0 Å². The fraction of sp³-hybridized carbons (Fsp3) is 0.429. The molecule has 0 aliphatic carbocycles. The molecule has 17 heavy (non-hydrogen) atoms. The lowest BCUT2D eigenvalue weighted by atomic mass is 10.0. The lowest BCUT2D eigenvalue weighted by Gasteiger charge is -2.33. The molecule has 2 saturated heterocycles. The van der Waals surface area contributed by atoms with E-state index in [1.54, 1.807) is 0 Å². The lowest BCUT2D eigenvalue weighted by molar-refractivity contribution is -0.335. The van der Waals surface area contributed by atoms with E-state index in [0.29, 0.717) is 13.2 Å². The molecule has 3 rings (SSSR count). The fourth-order valence-corrected chi connectivity index (χ4v) is 2.15. The van der Waals surface area contributed by atoms with Crippen LogP contribution in [-0.2, 0) is 14.2 Å². The molecule has 0 amide bonds. The van der Waals surface area contributed by atoms with Crippen molar-refractivity contribution in [2.45, 2.75) is 24.9 Å². The molecular formula is C14H16O3. The number of hydrogen-bond donors (Lipinski definition) is 0. The van der Waals surface area contributed by atoms with Crippen LogP contribution in [0.1, 0.15) is 18.9 Å². The predicted octanol–water partition coefficient (Wildman–Crippen LogP) is 2.58. The van der Waals surface area contributed by atoms with Crippen molar-refractivity contribution < 1.29 is 14.2 Å². The van der Waals surface area contributed by atoms with E-state index in [0.717, 1.165) is 12.0 Å². The Morgan fingerprint density at radius 2 is 2.00 bits per heavy atom. The minimum atomic E-state index is -0.969. The molecule has 0 aromatic heterocycles. The third-order valence-electron chi connectivity index (χ3n) is 3.18. The number of rotatable bonds is 2. The van der Waals surface area contributed by atoms with Gasteiger partial charge < -0.3 is 14.2 Å². The second-order valence-electron chi connectivity index (χ2n) is 4.79. The van der Waals surface area contributed by atoms with E-state index in [1.807, 2.05) is 42.5 Å². The number of benzene rings is 1. The Kier molecular flexibility index (Phi) is 2.54. The predicted molar refractivity (Wildman–Crippen MR) is 64.2 cm³/mol. The molecule has 2 atom stereocenters. The van der Waals surface area contributed by atoms with Crippen LogP contribution in [0.4, 0.5) is 0 Å². The molecule has 1 aromatic carbocycles. The topological polar surface area (TPSA) is 27.7 Å². The zero-order valence-corrected chi connectivity index (χ0v) is 9.89. The summed E-state index contributed by atoms with van der Waals surface area (Å²) < 4.78 is 17.1. The third-order valence-corrected chi connectivity index (χ3v) is 3.18. The Morgan fingerprint density at radius 1 is 1.18 bits per heavy atom. The van der Waals surface area contributed by atoms with Crippen molar-refractivity contribution in [3.05, 3.63) is 42.0 Å². The van der Waals surface area contributed by atoms with Gasteiger partial charge in [-0.25, -0.2) is 0 Å². The Labute approximate surface area is 101 Å². The molecule has 0 saturated carbocycles. The first-order valence-electron chi connectivity index (χ1n) is 5.92. The van der Waals surface area contributed by atoms with Crippen molar-refractivity contribution in [1.82, 2.24) is 0 Å². The maximum Gasteiger partial charge on any atom is 0.305 e. The molecule has 90 valence electrons. The first-order chi connectivity index (χ1) is 8.20. The van der Waals surface area contributed by atoms with Crippen LogP contribution in [0.2, 0.25) is 0 Å². The molecule has 2 heterocycles. The Morgan fingerprint density at radius 3 is 2.82 bits per heavy atom. The molecule has 2 bridgehead atoms. The number of ether oxygens (including phenoxy) is 3. The van der Waals surface area contributed by atoms with E-state index in [9.17, 15) is 0 Å². The summed E-state index contributed by atoms with van der Waals surface area (Å²) in [5, 5.41) is 0. The van der Waals surface area contributed by atoms with Crippen LogP contribution in [0.3, 0.4) is 0 Å². The maximum absolute atomic E-state index is 5.86. The van der Waals surface area contributed by atoms with Gasteiger partial charge in [-0.1, -0.05) is 36.4 Å². The van der Waals surface area contributed by atoms with E-state index in [2.05, 4.69) is 6.92 Å². The second kappa shape index (κ2) is 3.95. The van der Waals surface area contributed by atoms with Gasteiger partial charge in [0.05, 0.1) is 18.8 Å². The molecule has 2 unspecified atom stereocenters. The molecule has 3 nitrogen and oxygen atoms in total. The van der Waals surface area contributed by atoms with E-state index < -0.39 is 5.97 Å². The van der Waals surface area contributed by atoms with E-state index in [1.165, 1.54) is 0 Å². The number of hydrogen-bond acceptors (Lipinski definition) is 3. The van der Waals surface area contributed by atoms with Crippen LogP contribution in [0, 0.1) is 0 Å². The Hall–Kier alpha value is -1.16. The largest absolute Gasteiger partial charge is 0.324 e. The first-order valence-corrected chi connectivity index (χ1v) is 5.92. The monoisotopic (exact) mass is 232 g/mol. The molecule has 0 N–H and O–H groups in total. The van der Waals surface area contributed by atoms with Crippen LogP contribution >= 0.6 is 0 Å². The quantitative estimate of drug-likeness (QED) is 0.784. The summed E-state index contributed by atoms with van der Waals surface area (Å²) in [7, 11) is 0. The summed E-state index contributed by atoms with van der Waals surface area (Å²) in [6.07, 6.45) is 4.71.